The zero-order valence-corrected chi connectivity index (χ0v) is 13.8. The molecule has 0 aliphatic heterocycles. The minimum Gasteiger partial charge on any atom is -0.347 e. The van der Waals surface area contributed by atoms with Crippen molar-refractivity contribution in [3.63, 3.8) is 0 Å². The minimum absolute atomic E-state index is 0.493. The molecule has 0 radical (unpaired) electrons. The molecule has 0 bridgehead atoms. The van der Waals surface area contributed by atoms with E-state index in [1.165, 1.54) is 34.5 Å². The van der Waals surface area contributed by atoms with Gasteiger partial charge in [-0.15, -0.1) is 0 Å². The van der Waals surface area contributed by atoms with Crippen LogP contribution < -0.4 is 10.2 Å². The summed E-state index contributed by atoms with van der Waals surface area (Å²) in [5.41, 5.74) is 3.95. The van der Waals surface area contributed by atoms with Crippen LogP contribution in [0.15, 0.2) is 24.3 Å². The van der Waals surface area contributed by atoms with Gasteiger partial charge >= 0.3 is 0 Å². The van der Waals surface area contributed by atoms with Gasteiger partial charge in [0.1, 0.15) is 0 Å². The molecule has 0 fully saturated rings. The average Bonchev–Trinajstić information content (AvgIpc) is 2.93. The first-order valence-electron chi connectivity index (χ1n) is 7.61. The Morgan fingerprint density at radius 1 is 1.33 bits per heavy atom. The van der Waals surface area contributed by atoms with Crippen molar-refractivity contribution in [3.05, 3.63) is 46.0 Å². The highest BCUT2D eigenvalue weighted by Crippen LogP contribution is 2.37. The highest BCUT2D eigenvalue weighted by Gasteiger charge is 2.24. The van der Waals surface area contributed by atoms with Crippen LogP contribution in [0.3, 0.4) is 0 Å². The molecule has 2 aromatic rings. The van der Waals surface area contributed by atoms with E-state index in [4.69, 9.17) is 4.98 Å². The zero-order valence-electron chi connectivity index (χ0n) is 13.0. The SMILES string of the molecule is CNC1CCCc2nc(N(C)Cc3ccc(C)cc3)sc21. The van der Waals surface area contributed by atoms with Gasteiger partial charge in [0.25, 0.3) is 0 Å². The lowest BCUT2D eigenvalue weighted by Gasteiger charge is -2.19. The molecular weight excluding hydrogens is 278 g/mol. The monoisotopic (exact) mass is 301 g/mol. The third kappa shape index (κ3) is 3.11. The van der Waals surface area contributed by atoms with Gasteiger partial charge in [-0.1, -0.05) is 41.2 Å². The third-order valence-corrected chi connectivity index (χ3v) is 5.48. The molecule has 1 aliphatic carbocycles. The van der Waals surface area contributed by atoms with E-state index < -0.39 is 0 Å². The number of aryl methyl sites for hydroxylation is 2. The number of aromatic nitrogens is 1. The highest BCUT2D eigenvalue weighted by molar-refractivity contribution is 7.15. The Labute approximate surface area is 131 Å². The summed E-state index contributed by atoms with van der Waals surface area (Å²) >= 11 is 1.85. The largest absolute Gasteiger partial charge is 0.347 e. The molecule has 0 amide bonds. The van der Waals surface area contributed by atoms with Crippen LogP contribution in [0.25, 0.3) is 0 Å². The molecule has 1 aromatic heterocycles. The summed E-state index contributed by atoms with van der Waals surface area (Å²) in [4.78, 5) is 8.57. The first-order valence-corrected chi connectivity index (χ1v) is 8.42. The van der Waals surface area contributed by atoms with E-state index in [2.05, 4.69) is 55.5 Å². The predicted octanol–water partition coefficient (Wildman–Crippen LogP) is 3.68. The summed E-state index contributed by atoms with van der Waals surface area (Å²) in [6.45, 7) is 3.04. The Kier molecular flexibility index (Phi) is 4.27. The van der Waals surface area contributed by atoms with Crippen molar-refractivity contribution in [1.29, 1.82) is 0 Å². The normalized spacial score (nSPS) is 17.6. The molecular formula is C17H23N3S. The average molecular weight is 301 g/mol. The number of anilines is 1. The first-order chi connectivity index (χ1) is 10.2. The Morgan fingerprint density at radius 3 is 2.81 bits per heavy atom. The minimum atomic E-state index is 0.493. The van der Waals surface area contributed by atoms with Crippen LogP contribution in [-0.2, 0) is 13.0 Å². The van der Waals surface area contributed by atoms with E-state index in [0.717, 1.165) is 18.1 Å². The fraction of sp³-hybridized carbons (Fsp3) is 0.471. The molecule has 112 valence electrons. The third-order valence-electron chi connectivity index (χ3n) is 4.15. The number of nitrogens with one attached hydrogen (secondary N) is 1. The van der Waals surface area contributed by atoms with Crippen molar-refractivity contribution >= 4 is 16.5 Å². The van der Waals surface area contributed by atoms with Crippen molar-refractivity contribution in [2.24, 2.45) is 0 Å². The summed E-state index contributed by atoms with van der Waals surface area (Å²) < 4.78 is 0. The molecule has 1 unspecified atom stereocenters. The van der Waals surface area contributed by atoms with Gasteiger partial charge < -0.3 is 10.2 Å². The molecule has 1 aromatic carbocycles. The lowest BCUT2D eigenvalue weighted by Crippen LogP contribution is -2.19. The molecule has 3 rings (SSSR count). The standard InChI is InChI=1S/C17H23N3S/c1-12-7-9-13(10-8-12)11-20(3)17-19-15-6-4-5-14(18-2)16(15)21-17/h7-10,14,18H,4-6,11H2,1-3H3. The fourth-order valence-electron chi connectivity index (χ4n) is 2.88. The van der Waals surface area contributed by atoms with Gasteiger partial charge in [-0.05, 0) is 38.8 Å². The second-order valence-electron chi connectivity index (χ2n) is 5.88. The van der Waals surface area contributed by atoms with Crippen molar-refractivity contribution in [3.8, 4) is 0 Å². The number of hydrogen-bond acceptors (Lipinski definition) is 4. The van der Waals surface area contributed by atoms with Crippen LogP contribution in [0.4, 0.5) is 5.13 Å². The van der Waals surface area contributed by atoms with E-state index in [1.807, 2.05) is 11.3 Å². The Bertz CT molecular complexity index is 603. The zero-order chi connectivity index (χ0) is 14.8. The van der Waals surface area contributed by atoms with Crippen molar-refractivity contribution in [1.82, 2.24) is 10.3 Å². The van der Waals surface area contributed by atoms with Gasteiger partial charge in [0.15, 0.2) is 5.13 Å². The van der Waals surface area contributed by atoms with Crippen LogP contribution in [-0.4, -0.2) is 19.1 Å². The van der Waals surface area contributed by atoms with Crippen molar-refractivity contribution in [2.75, 3.05) is 19.0 Å². The molecule has 0 saturated carbocycles. The van der Waals surface area contributed by atoms with Crippen LogP contribution in [0.2, 0.25) is 0 Å². The van der Waals surface area contributed by atoms with Gasteiger partial charge in [-0.3, -0.25) is 0 Å². The Hall–Kier alpha value is -1.39. The maximum atomic E-state index is 4.87. The van der Waals surface area contributed by atoms with Crippen molar-refractivity contribution in [2.45, 2.75) is 38.8 Å². The van der Waals surface area contributed by atoms with E-state index in [0.29, 0.717) is 6.04 Å². The molecule has 3 nitrogen and oxygen atoms in total. The molecule has 1 atom stereocenters. The second kappa shape index (κ2) is 6.16. The van der Waals surface area contributed by atoms with Crippen molar-refractivity contribution < 1.29 is 0 Å². The van der Waals surface area contributed by atoms with E-state index in [-0.39, 0.29) is 0 Å². The molecule has 4 heteroatoms. The lowest BCUT2D eigenvalue weighted by molar-refractivity contribution is 0.501. The van der Waals surface area contributed by atoms with Crippen LogP contribution in [0.5, 0.6) is 0 Å². The maximum Gasteiger partial charge on any atom is 0.185 e. The molecule has 21 heavy (non-hydrogen) atoms. The number of benzene rings is 1. The smallest absolute Gasteiger partial charge is 0.185 e. The number of nitrogens with zero attached hydrogens (tertiary/aromatic N) is 2. The Balaban J connectivity index is 1.77. The lowest BCUT2D eigenvalue weighted by atomic mass is 9.98. The second-order valence-corrected chi connectivity index (χ2v) is 6.89. The highest BCUT2D eigenvalue weighted by atomic mass is 32.1. The molecule has 0 saturated heterocycles. The molecule has 1 N–H and O–H groups in total. The van der Waals surface area contributed by atoms with Crippen LogP contribution in [0.1, 0.15) is 40.6 Å². The summed E-state index contributed by atoms with van der Waals surface area (Å²) in [6.07, 6.45) is 3.60. The fourth-order valence-corrected chi connectivity index (χ4v) is 4.10. The van der Waals surface area contributed by atoms with E-state index >= 15 is 0 Å². The topological polar surface area (TPSA) is 28.2 Å². The molecule has 1 heterocycles. The summed E-state index contributed by atoms with van der Waals surface area (Å²) in [6, 6.07) is 9.25. The summed E-state index contributed by atoms with van der Waals surface area (Å²) in [5.74, 6) is 0. The molecule has 0 spiro atoms. The van der Waals surface area contributed by atoms with Crippen LogP contribution >= 0.6 is 11.3 Å². The summed E-state index contributed by atoms with van der Waals surface area (Å²) in [5, 5.41) is 4.56. The summed E-state index contributed by atoms with van der Waals surface area (Å²) in [7, 11) is 4.19. The maximum absolute atomic E-state index is 4.87. The predicted molar refractivity (Wildman–Crippen MR) is 90.1 cm³/mol. The number of fused-ring (bicyclic) bond motifs is 1. The van der Waals surface area contributed by atoms with Gasteiger partial charge in [0.05, 0.1) is 5.69 Å². The van der Waals surface area contributed by atoms with Gasteiger partial charge in [-0.2, -0.15) is 0 Å². The number of hydrogen-bond donors (Lipinski definition) is 1. The van der Waals surface area contributed by atoms with E-state index in [9.17, 15) is 0 Å². The van der Waals surface area contributed by atoms with E-state index in [1.54, 1.807) is 0 Å². The van der Waals surface area contributed by atoms with Gasteiger partial charge in [-0.25, -0.2) is 4.98 Å². The quantitative estimate of drug-likeness (QED) is 0.933. The Morgan fingerprint density at radius 2 is 2.10 bits per heavy atom. The number of rotatable bonds is 4. The molecule has 1 aliphatic rings. The number of thiazole rings is 1. The van der Waals surface area contributed by atoms with Gasteiger partial charge in [0, 0.05) is 24.5 Å². The van der Waals surface area contributed by atoms with Gasteiger partial charge in [0.2, 0.25) is 0 Å². The first kappa shape index (κ1) is 14.5. The van der Waals surface area contributed by atoms with Crippen LogP contribution in [0, 0.1) is 6.92 Å².